The van der Waals surface area contributed by atoms with Crippen molar-refractivity contribution in [3.63, 3.8) is 0 Å². The number of anilines is 1. The van der Waals surface area contributed by atoms with Crippen LogP contribution in [0.3, 0.4) is 0 Å². The predicted octanol–water partition coefficient (Wildman–Crippen LogP) is 2.50. The maximum atomic E-state index is 12.7. The Hall–Kier alpha value is -2.93. The molecule has 2 aliphatic rings. The van der Waals surface area contributed by atoms with Gasteiger partial charge in [-0.3, -0.25) is 19.7 Å². The Bertz CT molecular complexity index is 1030. The Morgan fingerprint density at radius 3 is 2.60 bits per heavy atom. The molecule has 0 bridgehead atoms. The van der Waals surface area contributed by atoms with E-state index in [1.54, 1.807) is 12.4 Å². The molecule has 0 aromatic carbocycles. The van der Waals surface area contributed by atoms with Gasteiger partial charge in [0.1, 0.15) is 5.82 Å². The SMILES string of the molecule is Cc1cnc(CNC(=O)c2ccc3ccc(N4CCN(CC5CC5)CC4)n3c2)cn1. The van der Waals surface area contributed by atoms with Gasteiger partial charge in [0, 0.05) is 50.6 Å². The number of amides is 1. The van der Waals surface area contributed by atoms with Gasteiger partial charge in [0.25, 0.3) is 5.91 Å². The van der Waals surface area contributed by atoms with Crippen molar-refractivity contribution >= 4 is 17.2 Å². The van der Waals surface area contributed by atoms with Gasteiger partial charge in [0.05, 0.1) is 29.7 Å². The molecule has 30 heavy (non-hydrogen) atoms. The molecule has 3 aromatic heterocycles. The van der Waals surface area contributed by atoms with E-state index in [4.69, 9.17) is 0 Å². The molecule has 0 radical (unpaired) electrons. The van der Waals surface area contributed by atoms with Crippen LogP contribution in [0.1, 0.15) is 34.6 Å². The number of pyridine rings is 1. The number of nitrogens with zero attached hydrogens (tertiary/aromatic N) is 5. The zero-order chi connectivity index (χ0) is 20.5. The number of fused-ring (bicyclic) bond motifs is 1. The minimum atomic E-state index is -0.104. The number of carbonyl (C=O) groups excluding carboxylic acids is 1. The first-order valence-electron chi connectivity index (χ1n) is 10.8. The van der Waals surface area contributed by atoms with Gasteiger partial charge in [-0.25, -0.2) is 0 Å². The highest BCUT2D eigenvalue weighted by Crippen LogP contribution is 2.30. The fourth-order valence-electron chi connectivity index (χ4n) is 4.09. The second-order valence-corrected chi connectivity index (χ2v) is 8.47. The number of nitrogens with one attached hydrogen (secondary N) is 1. The van der Waals surface area contributed by atoms with E-state index in [1.807, 2.05) is 25.3 Å². The number of rotatable bonds is 6. The van der Waals surface area contributed by atoms with Gasteiger partial charge in [-0.15, -0.1) is 0 Å². The zero-order valence-corrected chi connectivity index (χ0v) is 17.4. The van der Waals surface area contributed by atoms with E-state index < -0.39 is 0 Å². The predicted molar refractivity (Wildman–Crippen MR) is 117 cm³/mol. The van der Waals surface area contributed by atoms with Crippen LogP contribution in [-0.4, -0.2) is 57.9 Å². The number of carbonyl (C=O) groups is 1. The molecule has 5 rings (SSSR count). The van der Waals surface area contributed by atoms with Crippen molar-refractivity contribution in [3.05, 3.63) is 59.8 Å². The van der Waals surface area contributed by atoms with Gasteiger partial charge in [0.15, 0.2) is 0 Å². The summed E-state index contributed by atoms with van der Waals surface area (Å²) in [6, 6.07) is 8.17. The van der Waals surface area contributed by atoms with Crippen molar-refractivity contribution in [2.24, 2.45) is 5.92 Å². The zero-order valence-electron chi connectivity index (χ0n) is 17.4. The third-order valence-corrected chi connectivity index (χ3v) is 6.07. The standard InChI is InChI=1S/C23H28N6O/c1-17-12-25-20(13-24-17)14-26-23(30)19-4-5-21-6-7-22(29(21)16-19)28-10-8-27(9-11-28)15-18-2-3-18/h4-7,12-13,16,18H,2-3,8-11,14-15H2,1H3,(H,26,30). The molecular formula is C23H28N6O. The second-order valence-electron chi connectivity index (χ2n) is 8.47. The van der Waals surface area contributed by atoms with Crippen LogP contribution < -0.4 is 10.2 Å². The van der Waals surface area contributed by atoms with E-state index in [9.17, 15) is 4.79 Å². The number of aryl methyl sites for hydroxylation is 1. The van der Waals surface area contributed by atoms with Gasteiger partial charge >= 0.3 is 0 Å². The first-order valence-corrected chi connectivity index (χ1v) is 10.8. The van der Waals surface area contributed by atoms with Crippen molar-refractivity contribution in [1.82, 2.24) is 24.6 Å². The van der Waals surface area contributed by atoms with E-state index >= 15 is 0 Å². The lowest BCUT2D eigenvalue weighted by Crippen LogP contribution is -2.47. The highest BCUT2D eigenvalue weighted by molar-refractivity contribution is 5.94. The third-order valence-electron chi connectivity index (χ3n) is 6.07. The quantitative estimate of drug-likeness (QED) is 0.684. The van der Waals surface area contributed by atoms with Crippen LogP contribution in [0.5, 0.6) is 0 Å². The lowest BCUT2D eigenvalue weighted by atomic mass is 10.2. The molecular weight excluding hydrogens is 376 g/mol. The Labute approximate surface area is 176 Å². The fraction of sp³-hybridized carbons (Fsp3) is 0.435. The van der Waals surface area contributed by atoms with Crippen LogP contribution in [0.25, 0.3) is 5.52 Å². The lowest BCUT2D eigenvalue weighted by Gasteiger charge is -2.35. The molecule has 0 atom stereocenters. The Kier molecular flexibility index (Phi) is 5.12. The fourth-order valence-corrected chi connectivity index (χ4v) is 4.09. The van der Waals surface area contributed by atoms with Crippen molar-refractivity contribution in [1.29, 1.82) is 0 Å². The molecule has 1 saturated heterocycles. The van der Waals surface area contributed by atoms with E-state index in [2.05, 4.69) is 41.6 Å². The summed E-state index contributed by atoms with van der Waals surface area (Å²) in [4.78, 5) is 26.2. The first-order chi connectivity index (χ1) is 14.7. The molecule has 2 fully saturated rings. The van der Waals surface area contributed by atoms with E-state index in [1.165, 1.54) is 19.4 Å². The number of aromatic nitrogens is 3. The molecule has 1 saturated carbocycles. The number of hydrogen-bond acceptors (Lipinski definition) is 5. The maximum absolute atomic E-state index is 12.7. The molecule has 3 aromatic rings. The monoisotopic (exact) mass is 404 g/mol. The first kappa shape index (κ1) is 19.1. The summed E-state index contributed by atoms with van der Waals surface area (Å²) in [6.45, 7) is 7.81. The molecule has 0 unspecified atom stereocenters. The minimum absolute atomic E-state index is 0.104. The molecule has 4 heterocycles. The van der Waals surface area contributed by atoms with Gasteiger partial charge in [0.2, 0.25) is 0 Å². The number of piperazine rings is 1. The summed E-state index contributed by atoms with van der Waals surface area (Å²) in [6.07, 6.45) is 8.17. The van der Waals surface area contributed by atoms with E-state index in [0.29, 0.717) is 12.1 Å². The van der Waals surface area contributed by atoms with Crippen molar-refractivity contribution in [2.75, 3.05) is 37.6 Å². The van der Waals surface area contributed by atoms with Crippen molar-refractivity contribution in [3.8, 4) is 0 Å². The van der Waals surface area contributed by atoms with Crippen LogP contribution in [0.15, 0.2) is 42.9 Å². The summed E-state index contributed by atoms with van der Waals surface area (Å²) in [7, 11) is 0. The molecule has 7 heteroatoms. The minimum Gasteiger partial charge on any atom is -0.355 e. The second kappa shape index (κ2) is 8.07. The van der Waals surface area contributed by atoms with E-state index in [-0.39, 0.29) is 5.91 Å². The van der Waals surface area contributed by atoms with Crippen molar-refractivity contribution in [2.45, 2.75) is 26.3 Å². The molecule has 1 aliphatic carbocycles. The molecule has 0 spiro atoms. The van der Waals surface area contributed by atoms with Crippen LogP contribution in [0, 0.1) is 12.8 Å². The average Bonchev–Trinajstić information content (AvgIpc) is 3.49. The van der Waals surface area contributed by atoms with Crippen LogP contribution in [0.2, 0.25) is 0 Å². The van der Waals surface area contributed by atoms with Gasteiger partial charge in [-0.2, -0.15) is 0 Å². The van der Waals surface area contributed by atoms with Crippen molar-refractivity contribution < 1.29 is 4.79 Å². The lowest BCUT2D eigenvalue weighted by molar-refractivity contribution is 0.0950. The molecule has 1 N–H and O–H groups in total. The summed E-state index contributed by atoms with van der Waals surface area (Å²) < 4.78 is 2.14. The smallest absolute Gasteiger partial charge is 0.253 e. The van der Waals surface area contributed by atoms with Crippen LogP contribution >= 0.6 is 0 Å². The highest BCUT2D eigenvalue weighted by atomic mass is 16.1. The van der Waals surface area contributed by atoms with Gasteiger partial charge < -0.3 is 14.6 Å². The largest absolute Gasteiger partial charge is 0.355 e. The Balaban J connectivity index is 1.26. The Morgan fingerprint density at radius 1 is 1.07 bits per heavy atom. The molecule has 1 amide bonds. The van der Waals surface area contributed by atoms with Crippen LogP contribution in [-0.2, 0) is 6.54 Å². The summed E-state index contributed by atoms with van der Waals surface area (Å²) in [5, 5.41) is 2.95. The average molecular weight is 405 g/mol. The van der Waals surface area contributed by atoms with E-state index in [0.717, 1.165) is 54.8 Å². The number of hydrogen-bond donors (Lipinski definition) is 1. The molecule has 156 valence electrons. The summed E-state index contributed by atoms with van der Waals surface area (Å²) in [5.74, 6) is 2.00. The maximum Gasteiger partial charge on any atom is 0.253 e. The van der Waals surface area contributed by atoms with Gasteiger partial charge in [-0.05, 0) is 49.9 Å². The topological polar surface area (TPSA) is 65.8 Å². The molecule has 7 nitrogen and oxygen atoms in total. The Morgan fingerprint density at radius 2 is 1.87 bits per heavy atom. The third kappa shape index (κ3) is 4.16. The van der Waals surface area contributed by atoms with Crippen LogP contribution in [0.4, 0.5) is 5.82 Å². The van der Waals surface area contributed by atoms with Gasteiger partial charge in [-0.1, -0.05) is 0 Å². The summed E-state index contributed by atoms with van der Waals surface area (Å²) in [5.41, 5.74) is 3.36. The summed E-state index contributed by atoms with van der Waals surface area (Å²) >= 11 is 0. The normalized spacial score (nSPS) is 17.4. The highest BCUT2D eigenvalue weighted by Gasteiger charge is 2.27. The molecule has 1 aliphatic heterocycles.